The number of amides is 1. The van der Waals surface area contributed by atoms with Gasteiger partial charge in [0.2, 0.25) is 0 Å². The van der Waals surface area contributed by atoms with Crippen molar-refractivity contribution in [3.05, 3.63) is 106 Å². The molecular weight excluding hydrogens is 430 g/mol. The molecule has 3 aromatic carbocycles. The number of halogens is 1. The first kappa shape index (κ1) is 19.2. The number of benzene rings is 3. The minimum Gasteiger partial charge on any atom is -0.507 e. The van der Waals surface area contributed by atoms with Crippen molar-refractivity contribution in [1.82, 2.24) is 0 Å². The highest BCUT2D eigenvalue weighted by atomic mass is 79.9. The number of hydrogen-bond acceptors (Lipinski definition) is 3. The lowest BCUT2D eigenvalue weighted by molar-refractivity contribution is -0.132. The number of aliphatic hydroxyl groups is 1. The largest absolute Gasteiger partial charge is 0.507 e. The van der Waals surface area contributed by atoms with Crippen LogP contribution in [0, 0.1) is 6.92 Å². The van der Waals surface area contributed by atoms with E-state index < -0.39 is 17.7 Å². The van der Waals surface area contributed by atoms with Crippen LogP contribution >= 0.6 is 15.9 Å². The first-order valence-electron chi connectivity index (χ1n) is 9.16. The SMILES string of the molecule is Cc1cccc(N2C(=O)C(=O)/C(=C(/O)c3ccccc3)[C@@H]2c2ccc(Br)cc2)c1. The molecule has 3 aromatic rings. The predicted octanol–water partition coefficient (Wildman–Crippen LogP) is 5.38. The number of Topliss-reactive ketones (excluding diaryl/α,β-unsaturated/α-hetero) is 1. The minimum atomic E-state index is -0.717. The third-order valence-electron chi connectivity index (χ3n) is 4.96. The summed E-state index contributed by atoms with van der Waals surface area (Å²) in [7, 11) is 0. The van der Waals surface area contributed by atoms with Gasteiger partial charge < -0.3 is 5.11 Å². The van der Waals surface area contributed by atoms with Gasteiger partial charge in [-0.1, -0.05) is 70.5 Å². The molecule has 1 fully saturated rings. The number of anilines is 1. The number of carbonyl (C=O) groups is 2. The molecule has 5 heteroatoms. The number of carbonyl (C=O) groups excluding carboxylic acids is 2. The van der Waals surface area contributed by atoms with Gasteiger partial charge in [0.15, 0.2) is 0 Å². The maximum Gasteiger partial charge on any atom is 0.300 e. The van der Waals surface area contributed by atoms with Crippen molar-refractivity contribution in [2.75, 3.05) is 4.90 Å². The molecule has 0 radical (unpaired) electrons. The Bertz CT molecular complexity index is 1120. The van der Waals surface area contributed by atoms with Gasteiger partial charge in [0.05, 0.1) is 11.6 Å². The zero-order valence-electron chi connectivity index (χ0n) is 15.7. The summed E-state index contributed by atoms with van der Waals surface area (Å²) in [6.45, 7) is 1.93. The summed E-state index contributed by atoms with van der Waals surface area (Å²) in [4.78, 5) is 27.5. The van der Waals surface area contributed by atoms with Gasteiger partial charge in [0, 0.05) is 15.7 Å². The Hall–Kier alpha value is -3.18. The van der Waals surface area contributed by atoms with Crippen molar-refractivity contribution in [3.63, 3.8) is 0 Å². The average Bonchev–Trinajstić information content (AvgIpc) is 2.99. The molecule has 144 valence electrons. The van der Waals surface area contributed by atoms with Gasteiger partial charge >= 0.3 is 0 Å². The van der Waals surface area contributed by atoms with Crippen molar-refractivity contribution < 1.29 is 14.7 Å². The van der Waals surface area contributed by atoms with Crippen LogP contribution < -0.4 is 4.90 Å². The fourth-order valence-corrected chi connectivity index (χ4v) is 3.85. The molecule has 0 unspecified atom stereocenters. The molecule has 1 aliphatic heterocycles. The Kier molecular flexibility index (Phi) is 5.07. The number of hydrogen-bond donors (Lipinski definition) is 1. The van der Waals surface area contributed by atoms with E-state index in [0.717, 1.165) is 15.6 Å². The smallest absolute Gasteiger partial charge is 0.300 e. The van der Waals surface area contributed by atoms with E-state index in [1.807, 2.05) is 55.5 Å². The zero-order chi connectivity index (χ0) is 20.5. The van der Waals surface area contributed by atoms with Gasteiger partial charge in [-0.15, -0.1) is 0 Å². The summed E-state index contributed by atoms with van der Waals surface area (Å²) in [6.07, 6.45) is 0. The van der Waals surface area contributed by atoms with E-state index >= 15 is 0 Å². The molecule has 4 rings (SSSR count). The summed E-state index contributed by atoms with van der Waals surface area (Å²) in [5, 5.41) is 11.0. The topological polar surface area (TPSA) is 57.6 Å². The summed E-state index contributed by atoms with van der Waals surface area (Å²) >= 11 is 3.42. The van der Waals surface area contributed by atoms with Crippen LogP contribution in [0.25, 0.3) is 5.76 Å². The summed E-state index contributed by atoms with van der Waals surface area (Å²) in [6, 6.07) is 22.9. The van der Waals surface area contributed by atoms with E-state index in [1.165, 1.54) is 4.90 Å². The molecule has 1 saturated heterocycles. The van der Waals surface area contributed by atoms with Gasteiger partial charge in [-0.25, -0.2) is 0 Å². The second kappa shape index (κ2) is 7.68. The molecule has 1 aliphatic rings. The summed E-state index contributed by atoms with van der Waals surface area (Å²) < 4.78 is 0.886. The van der Waals surface area contributed by atoms with Crippen LogP contribution in [0.2, 0.25) is 0 Å². The van der Waals surface area contributed by atoms with Gasteiger partial charge in [-0.2, -0.15) is 0 Å². The molecule has 0 aromatic heterocycles. The van der Waals surface area contributed by atoms with Crippen LogP contribution in [-0.4, -0.2) is 16.8 Å². The van der Waals surface area contributed by atoms with Crippen LogP contribution in [0.3, 0.4) is 0 Å². The van der Waals surface area contributed by atoms with Crippen molar-refractivity contribution in [2.45, 2.75) is 13.0 Å². The number of ketones is 1. The fraction of sp³-hybridized carbons (Fsp3) is 0.0833. The quantitative estimate of drug-likeness (QED) is 0.332. The molecule has 1 atom stereocenters. The molecule has 1 N–H and O–H groups in total. The molecule has 0 bridgehead atoms. The summed E-state index contributed by atoms with van der Waals surface area (Å²) in [5.74, 6) is -1.52. The van der Waals surface area contributed by atoms with Crippen LogP contribution in [0.4, 0.5) is 5.69 Å². The zero-order valence-corrected chi connectivity index (χ0v) is 17.3. The van der Waals surface area contributed by atoms with Crippen molar-refractivity contribution in [2.24, 2.45) is 0 Å². The highest BCUT2D eigenvalue weighted by Gasteiger charge is 2.46. The molecule has 0 saturated carbocycles. The van der Waals surface area contributed by atoms with E-state index in [2.05, 4.69) is 15.9 Å². The Morgan fingerprint density at radius 1 is 0.931 bits per heavy atom. The highest BCUT2D eigenvalue weighted by Crippen LogP contribution is 2.42. The third kappa shape index (κ3) is 3.49. The molecule has 0 spiro atoms. The number of aliphatic hydroxyl groups excluding tert-OH is 1. The molecular formula is C24H18BrNO3. The Morgan fingerprint density at radius 2 is 1.62 bits per heavy atom. The van der Waals surface area contributed by atoms with E-state index in [1.54, 1.807) is 30.3 Å². The first-order valence-corrected chi connectivity index (χ1v) is 9.95. The fourth-order valence-electron chi connectivity index (χ4n) is 3.59. The van der Waals surface area contributed by atoms with Crippen LogP contribution in [0.5, 0.6) is 0 Å². The Morgan fingerprint density at radius 3 is 2.28 bits per heavy atom. The Labute approximate surface area is 177 Å². The molecule has 29 heavy (non-hydrogen) atoms. The van der Waals surface area contributed by atoms with E-state index in [-0.39, 0.29) is 11.3 Å². The molecule has 1 heterocycles. The Balaban J connectivity index is 1.96. The standard InChI is InChI=1S/C24H18BrNO3/c1-15-6-5-9-19(14-15)26-21(16-10-12-18(25)13-11-16)20(23(28)24(26)29)22(27)17-7-3-2-4-8-17/h2-14,21,27H,1H3/b22-20+/t21-/m0/s1. The normalized spacial score (nSPS) is 18.3. The first-order chi connectivity index (χ1) is 14.0. The van der Waals surface area contributed by atoms with Crippen LogP contribution in [0.1, 0.15) is 22.7 Å². The van der Waals surface area contributed by atoms with Crippen LogP contribution in [0.15, 0.2) is 88.9 Å². The molecule has 4 nitrogen and oxygen atoms in total. The minimum absolute atomic E-state index is 0.0880. The van der Waals surface area contributed by atoms with Gasteiger partial charge in [0.25, 0.3) is 11.7 Å². The lowest BCUT2D eigenvalue weighted by Gasteiger charge is -2.25. The average molecular weight is 448 g/mol. The number of nitrogens with zero attached hydrogens (tertiary/aromatic N) is 1. The van der Waals surface area contributed by atoms with E-state index in [0.29, 0.717) is 11.3 Å². The van der Waals surface area contributed by atoms with Gasteiger partial charge in [-0.05, 0) is 42.3 Å². The molecule has 1 amide bonds. The van der Waals surface area contributed by atoms with Gasteiger partial charge in [0.1, 0.15) is 5.76 Å². The maximum absolute atomic E-state index is 13.0. The second-order valence-electron chi connectivity index (χ2n) is 6.93. The van der Waals surface area contributed by atoms with Crippen LogP contribution in [-0.2, 0) is 9.59 Å². The third-order valence-corrected chi connectivity index (χ3v) is 5.49. The van der Waals surface area contributed by atoms with E-state index in [4.69, 9.17) is 0 Å². The monoisotopic (exact) mass is 447 g/mol. The lowest BCUT2D eigenvalue weighted by Crippen LogP contribution is -2.29. The van der Waals surface area contributed by atoms with Crippen molar-refractivity contribution in [1.29, 1.82) is 0 Å². The second-order valence-corrected chi connectivity index (χ2v) is 7.84. The number of aryl methyl sites for hydroxylation is 1. The van der Waals surface area contributed by atoms with E-state index in [9.17, 15) is 14.7 Å². The highest BCUT2D eigenvalue weighted by molar-refractivity contribution is 9.10. The van der Waals surface area contributed by atoms with Gasteiger partial charge in [-0.3, -0.25) is 14.5 Å². The maximum atomic E-state index is 13.0. The van der Waals surface area contributed by atoms with Crippen molar-refractivity contribution >= 4 is 39.1 Å². The summed E-state index contributed by atoms with van der Waals surface area (Å²) in [5.41, 5.74) is 2.92. The lowest BCUT2D eigenvalue weighted by atomic mass is 9.95. The predicted molar refractivity (Wildman–Crippen MR) is 117 cm³/mol. The number of rotatable bonds is 3. The molecule has 0 aliphatic carbocycles. The van der Waals surface area contributed by atoms with Crippen molar-refractivity contribution in [3.8, 4) is 0 Å².